The van der Waals surface area contributed by atoms with Crippen LogP contribution in [0.15, 0.2) is 23.1 Å². The molecule has 0 saturated carbocycles. The van der Waals surface area contributed by atoms with Crippen molar-refractivity contribution in [1.29, 1.82) is 5.26 Å². The number of anilines is 1. The van der Waals surface area contributed by atoms with Crippen LogP contribution < -0.4 is 5.73 Å². The van der Waals surface area contributed by atoms with Gasteiger partial charge in [0.15, 0.2) is 9.84 Å². The molecule has 4 nitrogen and oxygen atoms in total. The van der Waals surface area contributed by atoms with Crippen LogP contribution in [0, 0.1) is 18.3 Å². The third-order valence-corrected chi connectivity index (χ3v) is 3.43. The van der Waals surface area contributed by atoms with Crippen molar-refractivity contribution in [2.75, 3.05) is 11.5 Å². The van der Waals surface area contributed by atoms with Crippen molar-refractivity contribution in [3.8, 4) is 6.07 Å². The molecule has 0 unspecified atom stereocenters. The summed E-state index contributed by atoms with van der Waals surface area (Å²) in [6.07, 6.45) is 0. The van der Waals surface area contributed by atoms with Gasteiger partial charge in [0, 0.05) is 5.69 Å². The fourth-order valence-corrected chi connectivity index (χ4v) is 2.33. The van der Waals surface area contributed by atoms with Crippen LogP contribution in [0.2, 0.25) is 0 Å². The van der Waals surface area contributed by atoms with E-state index in [-0.39, 0.29) is 4.90 Å². The normalized spacial score (nSPS) is 10.9. The molecule has 0 heterocycles. The van der Waals surface area contributed by atoms with E-state index < -0.39 is 15.6 Å². The zero-order valence-electron chi connectivity index (χ0n) is 7.69. The Hall–Kier alpha value is -1.54. The number of hydrogen-bond acceptors (Lipinski definition) is 4. The summed E-state index contributed by atoms with van der Waals surface area (Å²) in [7, 11) is -3.47. The van der Waals surface area contributed by atoms with E-state index in [1.54, 1.807) is 19.1 Å². The first-order valence-electron chi connectivity index (χ1n) is 3.93. The van der Waals surface area contributed by atoms with Crippen LogP contribution in [-0.2, 0) is 9.84 Å². The van der Waals surface area contributed by atoms with Crippen molar-refractivity contribution < 1.29 is 8.42 Å². The summed E-state index contributed by atoms with van der Waals surface area (Å²) >= 11 is 0. The summed E-state index contributed by atoms with van der Waals surface area (Å²) in [6.45, 7) is 1.65. The van der Waals surface area contributed by atoms with Gasteiger partial charge >= 0.3 is 0 Å². The third kappa shape index (κ3) is 2.03. The molecule has 1 rings (SSSR count). The average molecular weight is 210 g/mol. The average Bonchev–Trinajstić information content (AvgIpc) is 2.02. The second-order valence-corrected chi connectivity index (χ2v) is 4.90. The molecule has 0 aliphatic rings. The standard InChI is InChI=1S/C9H10N2O2S/c1-7-6-8(11)2-3-9(7)14(12,13)5-4-10/h2-3,6H,5,11H2,1H3. The molecule has 0 spiro atoms. The number of aryl methyl sites for hydroxylation is 1. The van der Waals surface area contributed by atoms with Crippen molar-refractivity contribution in [1.82, 2.24) is 0 Å². The minimum absolute atomic E-state index is 0.174. The van der Waals surface area contributed by atoms with Crippen molar-refractivity contribution in [2.45, 2.75) is 11.8 Å². The molecule has 0 amide bonds. The van der Waals surface area contributed by atoms with E-state index in [2.05, 4.69) is 0 Å². The number of rotatable bonds is 2. The molecule has 0 atom stereocenters. The van der Waals surface area contributed by atoms with Crippen LogP contribution >= 0.6 is 0 Å². The summed E-state index contributed by atoms with van der Waals surface area (Å²) < 4.78 is 23.0. The molecule has 2 N–H and O–H groups in total. The summed E-state index contributed by atoms with van der Waals surface area (Å²) in [5.41, 5.74) is 6.57. The van der Waals surface area contributed by atoms with E-state index in [1.165, 1.54) is 12.1 Å². The molecule has 0 saturated heterocycles. The SMILES string of the molecule is Cc1cc(N)ccc1S(=O)(=O)CC#N. The maximum absolute atomic E-state index is 11.5. The number of hydrogen-bond donors (Lipinski definition) is 1. The molecule has 74 valence electrons. The van der Waals surface area contributed by atoms with Crippen molar-refractivity contribution in [3.05, 3.63) is 23.8 Å². The van der Waals surface area contributed by atoms with Gasteiger partial charge in [0.25, 0.3) is 0 Å². The maximum atomic E-state index is 11.5. The number of benzene rings is 1. The molecule has 1 aromatic carbocycles. The van der Waals surface area contributed by atoms with E-state index in [0.717, 1.165) is 0 Å². The largest absolute Gasteiger partial charge is 0.399 e. The maximum Gasteiger partial charge on any atom is 0.191 e. The van der Waals surface area contributed by atoms with Gasteiger partial charge in [-0.05, 0) is 30.7 Å². The minimum atomic E-state index is -3.47. The fraction of sp³-hybridized carbons (Fsp3) is 0.222. The molecule has 14 heavy (non-hydrogen) atoms. The Balaban J connectivity index is 3.29. The number of nitrogens with two attached hydrogens (primary N) is 1. The molecule has 0 aliphatic carbocycles. The van der Waals surface area contributed by atoms with Crippen LogP contribution in [0.1, 0.15) is 5.56 Å². The minimum Gasteiger partial charge on any atom is -0.399 e. The van der Waals surface area contributed by atoms with Crippen LogP contribution in [0.25, 0.3) is 0 Å². The first-order chi connectivity index (χ1) is 6.47. The fourth-order valence-electron chi connectivity index (χ4n) is 1.18. The van der Waals surface area contributed by atoms with E-state index in [1.807, 2.05) is 0 Å². The number of sulfone groups is 1. The number of nitrogen functional groups attached to an aromatic ring is 1. The second-order valence-electron chi connectivity index (χ2n) is 2.94. The van der Waals surface area contributed by atoms with Crippen LogP contribution in [0.5, 0.6) is 0 Å². The summed E-state index contributed by atoms with van der Waals surface area (Å²) in [6, 6.07) is 6.14. The lowest BCUT2D eigenvalue weighted by atomic mass is 10.2. The third-order valence-electron chi connectivity index (χ3n) is 1.79. The van der Waals surface area contributed by atoms with Gasteiger partial charge < -0.3 is 5.73 Å². The molecular formula is C9H10N2O2S. The monoisotopic (exact) mass is 210 g/mol. The highest BCUT2D eigenvalue weighted by Crippen LogP contribution is 2.18. The summed E-state index contributed by atoms with van der Waals surface area (Å²) in [4.78, 5) is 0.174. The molecular weight excluding hydrogens is 200 g/mol. The van der Waals surface area contributed by atoms with Crippen molar-refractivity contribution >= 4 is 15.5 Å². The van der Waals surface area contributed by atoms with Crippen molar-refractivity contribution in [3.63, 3.8) is 0 Å². The quantitative estimate of drug-likeness (QED) is 0.734. The lowest BCUT2D eigenvalue weighted by molar-refractivity contribution is 0.599. The Labute approximate surface area is 82.9 Å². The lowest BCUT2D eigenvalue weighted by Crippen LogP contribution is -2.07. The number of nitrogens with zero attached hydrogens (tertiary/aromatic N) is 1. The van der Waals surface area contributed by atoms with E-state index >= 15 is 0 Å². The molecule has 0 aromatic heterocycles. The molecule has 0 fully saturated rings. The topological polar surface area (TPSA) is 84.0 Å². The summed E-state index contributed by atoms with van der Waals surface area (Å²) in [5.74, 6) is -0.502. The zero-order chi connectivity index (χ0) is 10.8. The second kappa shape index (κ2) is 3.68. The lowest BCUT2D eigenvalue weighted by Gasteiger charge is -2.04. The highest BCUT2D eigenvalue weighted by Gasteiger charge is 2.16. The Kier molecular flexibility index (Phi) is 2.77. The summed E-state index contributed by atoms with van der Waals surface area (Å²) in [5, 5.41) is 8.35. The predicted octanol–water partition coefficient (Wildman–Crippen LogP) is 0.875. The first-order valence-corrected chi connectivity index (χ1v) is 5.58. The molecule has 0 radical (unpaired) electrons. The van der Waals surface area contributed by atoms with Crippen LogP contribution in [0.3, 0.4) is 0 Å². The highest BCUT2D eigenvalue weighted by molar-refractivity contribution is 7.91. The molecule has 0 bridgehead atoms. The zero-order valence-corrected chi connectivity index (χ0v) is 8.50. The Morgan fingerprint density at radius 2 is 2.14 bits per heavy atom. The Morgan fingerprint density at radius 3 is 2.64 bits per heavy atom. The van der Waals surface area contributed by atoms with E-state index in [0.29, 0.717) is 11.3 Å². The molecule has 0 aliphatic heterocycles. The Bertz CT molecular complexity index is 486. The van der Waals surface area contributed by atoms with Gasteiger partial charge in [0.1, 0.15) is 5.75 Å². The van der Waals surface area contributed by atoms with Crippen LogP contribution in [-0.4, -0.2) is 14.2 Å². The van der Waals surface area contributed by atoms with Gasteiger partial charge in [0.05, 0.1) is 11.0 Å². The van der Waals surface area contributed by atoms with Crippen molar-refractivity contribution in [2.24, 2.45) is 0 Å². The smallest absolute Gasteiger partial charge is 0.191 e. The highest BCUT2D eigenvalue weighted by atomic mass is 32.2. The van der Waals surface area contributed by atoms with Gasteiger partial charge in [-0.15, -0.1) is 0 Å². The van der Waals surface area contributed by atoms with E-state index in [9.17, 15) is 8.42 Å². The van der Waals surface area contributed by atoms with Gasteiger partial charge in [-0.3, -0.25) is 0 Å². The van der Waals surface area contributed by atoms with Gasteiger partial charge in [-0.2, -0.15) is 5.26 Å². The Morgan fingerprint density at radius 1 is 1.50 bits per heavy atom. The van der Waals surface area contributed by atoms with Gasteiger partial charge in [-0.1, -0.05) is 0 Å². The molecule has 1 aromatic rings. The van der Waals surface area contributed by atoms with E-state index in [4.69, 9.17) is 11.0 Å². The predicted molar refractivity (Wildman–Crippen MR) is 53.3 cm³/mol. The van der Waals surface area contributed by atoms with Gasteiger partial charge in [0.2, 0.25) is 0 Å². The number of nitriles is 1. The van der Waals surface area contributed by atoms with Gasteiger partial charge in [-0.25, -0.2) is 8.42 Å². The van der Waals surface area contributed by atoms with Crippen LogP contribution in [0.4, 0.5) is 5.69 Å². The first kappa shape index (κ1) is 10.5. The molecule has 5 heteroatoms.